The van der Waals surface area contributed by atoms with Crippen LogP contribution in [0.3, 0.4) is 0 Å². The predicted octanol–water partition coefficient (Wildman–Crippen LogP) is 3.90. The molecule has 0 heterocycles. The topological polar surface area (TPSA) is 70.0 Å². The van der Waals surface area contributed by atoms with Crippen LogP contribution in [0, 0.1) is 11.3 Å². The van der Waals surface area contributed by atoms with Crippen molar-refractivity contribution in [2.24, 2.45) is 0 Å². The molecule has 114 valence electrons. The van der Waals surface area contributed by atoms with Gasteiger partial charge in [0, 0.05) is 11.1 Å². The van der Waals surface area contributed by atoms with Crippen molar-refractivity contribution >= 4 is 33.2 Å². The van der Waals surface area contributed by atoms with Gasteiger partial charge in [-0.2, -0.15) is 5.26 Å². The van der Waals surface area contributed by atoms with Crippen molar-refractivity contribution in [3.05, 3.63) is 63.6 Å². The van der Waals surface area contributed by atoms with E-state index in [1.807, 2.05) is 6.07 Å². The zero-order valence-electron chi connectivity index (χ0n) is 11.5. The van der Waals surface area contributed by atoms with Crippen molar-refractivity contribution in [1.82, 2.24) is 4.72 Å². The molecule has 0 radical (unpaired) electrons. The van der Waals surface area contributed by atoms with Gasteiger partial charge in [-0.05, 0) is 42.8 Å². The third kappa shape index (κ3) is 3.79. The van der Waals surface area contributed by atoms with Crippen LogP contribution in [-0.2, 0) is 10.0 Å². The summed E-state index contributed by atoms with van der Waals surface area (Å²) in [7, 11) is -3.76. The number of hydrogen-bond acceptors (Lipinski definition) is 3. The van der Waals surface area contributed by atoms with Gasteiger partial charge in [0.15, 0.2) is 0 Å². The highest BCUT2D eigenvalue weighted by atomic mass is 35.5. The van der Waals surface area contributed by atoms with E-state index < -0.39 is 16.1 Å². The fourth-order valence-corrected chi connectivity index (χ4v) is 3.42. The molecule has 0 saturated heterocycles. The molecule has 1 N–H and O–H groups in total. The molecule has 0 amide bonds. The molecule has 0 aliphatic carbocycles. The van der Waals surface area contributed by atoms with Crippen LogP contribution in [0.4, 0.5) is 0 Å². The highest BCUT2D eigenvalue weighted by Crippen LogP contribution is 2.22. The second-order valence-electron chi connectivity index (χ2n) is 4.65. The lowest BCUT2D eigenvalue weighted by atomic mass is 10.1. The van der Waals surface area contributed by atoms with Crippen molar-refractivity contribution in [3.63, 3.8) is 0 Å². The van der Waals surface area contributed by atoms with Crippen LogP contribution in [0.15, 0.2) is 47.4 Å². The summed E-state index contributed by atoms with van der Waals surface area (Å²) < 4.78 is 27.3. The highest BCUT2D eigenvalue weighted by molar-refractivity contribution is 7.89. The summed E-state index contributed by atoms with van der Waals surface area (Å²) in [6.45, 7) is 1.72. The van der Waals surface area contributed by atoms with Gasteiger partial charge < -0.3 is 0 Å². The van der Waals surface area contributed by atoms with Crippen LogP contribution < -0.4 is 4.72 Å². The van der Waals surface area contributed by atoms with Crippen molar-refractivity contribution in [2.45, 2.75) is 17.9 Å². The third-order valence-corrected chi connectivity index (χ3v) is 5.19. The van der Waals surface area contributed by atoms with Crippen LogP contribution >= 0.6 is 23.2 Å². The second kappa shape index (κ2) is 6.67. The molecule has 0 fully saturated rings. The highest BCUT2D eigenvalue weighted by Gasteiger charge is 2.19. The van der Waals surface area contributed by atoms with Crippen LogP contribution in [0.5, 0.6) is 0 Å². The lowest BCUT2D eigenvalue weighted by Gasteiger charge is -2.15. The molecule has 0 bridgehead atoms. The van der Waals surface area contributed by atoms with Gasteiger partial charge in [0.2, 0.25) is 10.0 Å². The largest absolute Gasteiger partial charge is 0.241 e. The number of nitrogens with one attached hydrogen (secondary N) is 1. The van der Waals surface area contributed by atoms with Crippen molar-refractivity contribution in [2.75, 3.05) is 0 Å². The number of nitriles is 1. The SMILES string of the molecule is CC(NS(=O)(=O)c1ccc(Cl)c(C#N)c1)c1ccc(Cl)cc1. The Kier molecular flexibility index (Phi) is 5.09. The van der Waals surface area contributed by atoms with Gasteiger partial charge in [-0.3, -0.25) is 0 Å². The number of nitrogens with zero attached hydrogens (tertiary/aromatic N) is 1. The lowest BCUT2D eigenvalue weighted by molar-refractivity contribution is 0.567. The average Bonchev–Trinajstić information content (AvgIpc) is 2.47. The molecule has 1 atom stereocenters. The molecule has 1 unspecified atom stereocenters. The van der Waals surface area contributed by atoms with Crippen LogP contribution in [-0.4, -0.2) is 8.42 Å². The van der Waals surface area contributed by atoms with Gasteiger partial charge in [-0.1, -0.05) is 35.3 Å². The molecule has 22 heavy (non-hydrogen) atoms. The molecule has 7 heteroatoms. The minimum absolute atomic E-state index is 0.00531. The molecule has 2 rings (SSSR count). The normalized spacial score (nSPS) is 12.6. The zero-order valence-corrected chi connectivity index (χ0v) is 13.9. The van der Waals surface area contributed by atoms with Gasteiger partial charge in [-0.15, -0.1) is 0 Å². The number of rotatable bonds is 4. The quantitative estimate of drug-likeness (QED) is 0.904. The molecule has 0 aromatic heterocycles. The Bertz CT molecular complexity index is 828. The first-order valence-electron chi connectivity index (χ1n) is 6.31. The monoisotopic (exact) mass is 354 g/mol. The first-order valence-corrected chi connectivity index (χ1v) is 8.55. The van der Waals surface area contributed by atoms with Crippen molar-refractivity contribution in [3.8, 4) is 6.07 Å². The molecule has 0 aliphatic heterocycles. The maximum atomic E-state index is 12.4. The van der Waals surface area contributed by atoms with Gasteiger partial charge in [0.05, 0.1) is 15.5 Å². The summed E-state index contributed by atoms with van der Waals surface area (Å²) >= 11 is 11.6. The number of halogens is 2. The summed E-state index contributed by atoms with van der Waals surface area (Å²) in [5.74, 6) is 0. The fourth-order valence-electron chi connectivity index (χ4n) is 1.88. The van der Waals surface area contributed by atoms with E-state index in [4.69, 9.17) is 28.5 Å². The van der Waals surface area contributed by atoms with E-state index in [1.165, 1.54) is 18.2 Å². The Morgan fingerprint density at radius 3 is 2.36 bits per heavy atom. The lowest BCUT2D eigenvalue weighted by Crippen LogP contribution is -2.26. The average molecular weight is 355 g/mol. The van der Waals surface area contributed by atoms with E-state index in [-0.39, 0.29) is 15.5 Å². The first-order chi connectivity index (χ1) is 10.3. The molecule has 0 saturated carbocycles. The Labute approximate surface area is 139 Å². The predicted molar refractivity (Wildman–Crippen MR) is 86.4 cm³/mol. The maximum absolute atomic E-state index is 12.4. The first kappa shape index (κ1) is 16.8. The standard InChI is InChI=1S/C15H12Cl2N2O2S/c1-10(11-2-4-13(16)5-3-11)19-22(20,21)14-6-7-15(17)12(8-14)9-18/h2-8,10,19H,1H3. The number of benzene rings is 2. The smallest absolute Gasteiger partial charge is 0.207 e. The van der Waals surface area contributed by atoms with Gasteiger partial charge in [0.1, 0.15) is 6.07 Å². The summed E-state index contributed by atoms with van der Waals surface area (Å²) in [6, 6.07) is 12.3. The van der Waals surface area contributed by atoms with Crippen molar-refractivity contribution < 1.29 is 8.42 Å². The Morgan fingerprint density at radius 1 is 1.14 bits per heavy atom. The summed E-state index contributed by atoms with van der Waals surface area (Å²) in [5, 5.41) is 9.73. The van der Waals surface area contributed by atoms with E-state index in [9.17, 15) is 8.42 Å². The van der Waals surface area contributed by atoms with Crippen LogP contribution in [0.25, 0.3) is 0 Å². The zero-order chi connectivity index (χ0) is 16.3. The Balaban J connectivity index is 2.28. The van der Waals surface area contributed by atoms with E-state index in [2.05, 4.69) is 4.72 Å². The summed E-state index contributed by atoms with van der Waals surface area (Å²) in [6.07, 6.45) is 0. The molecular formula is C15H12Cl2N2O2S. The second-order valence-corrected chi connectivity index (χ2v) is 7.21. The minimum Gasteiger partial charge on any atom is -0.207 e. The van der Waals surface area contributed by atoms with Crippen LogP contribution in [0.2, 0.25) is 10.0 Å². The molecule has 4 nitrogen and oxygen atoms in total. The fraction of sp³-hybridized carbons (Fsp3) is 0.133. The number of hydrogen-bond donors (Lipinski definition) is 1. The van der Waals surface area contributed by atoms with Gasteiger partial charge in [-0.25, -0.2) is 13.1 Å². The maximum Gasteiger partial charge on any atom is 0.241 e. The van der Waals surface area contributed by atoms with Gasteiger partial charge >= 0.3 is 0 Å². The molecule has 2 aromatic carbocycles. The summed E-state index contributed by atoms with van der Waals surface area (Å²) in [4.78, 5) is -0.00531. The third-order valence-electron chi connectivity index (χ3n) is 3.07. The summed E-state index contributed by atoms with van der Waals surface area (Å²) in [5.41, 5.74) is 0.895. The van der Waals surface area contributed by atoms with E-state index in [1.54, 1.807) is 31.2 Å². The van der Waals surface area contributed by atoms with E-state index >= 15 is 0 Å². The molecule has 2 aromatic rings. The molecule has 0 spiro atoms. The van der Waals surface area contributed by atoms with Crippen molar-refractivity contribution in [1.29, 1.82) is 5.26 Å². The number of sulfonamides is 1. The molecular weight excluding hydrogens is 343 g/mol. The van der Waals surface area contributed by atoms with Crippen LogP contribution in [0.1, 0.15) is 24.1 Å². The van der Waals surface area contributed by atoms with Gasteiger partial charge in [0.25, 0.3) is 0 Å². The van der Waals surface area contributed by atoms with E-state index in [0.29, 0.717) is 5.02 Å². The Hall–Kier alpha value is -1.58. The Morgan fingerprint density at radius 2 is 1.77 bits per heavy atom. The minimum atomic E-state index is -3.76. The van der Waals surface area contributed by atoms with E-state index in [0.717, 1.165) is 5.56 Å². The molecule has 0 aliphatic rings.